The Hall–Kier alpha value is -1.28. The maximum absolute atomic E-state index is 13.6. The number of carboxylic acids is 1. The average Bonchev–Trinajstić information content (AvgIpc) is 2.46. The Bertz CT molecular complexity index is 572. The lowest BCUT2D eigenvalue weighted by Crippen LogP contribution is -2.48. The molecule has 0 radical (unpaired) electrons. The zero-order valence-corrected chi connectivity index (χ0v) is 14.0. The molecule has 120 valence electrons. The molecule has 22 heavy (non-hydrogen) atoms. The van der Waals surface area contributed by atoms with Crippen LogP contribution < -0.4 is 4.74 Å². The standard InChI is InChI=1S/C14H15BrFNO4S/c15-9-1-2-12(11(16)5-9)21-7-13(18)17-3-4-22-8-10(17)6-14(19)20/h1-2,5,10H,3-4,6-8H2,(H,19,20). The fourth-order valence-corrected chi connectivity index (χ4v) is 3.56. The molecule has 0 spiro atoms. The number of carbonyl (C=O) groups excluding carboxylic acids is 1. The van der Waals surface area contributed by atoms with Crippen molar-refractivity contribution < 1.29 is 23.8 Å². The normalized spacial score (nSPS) is 18.1. The number of hydrogen-bond donors (Lipinski definition) is 1. The van der Waals surface area contributed by atoms with Gasteiger partial charge < -0.3 is 14.7 Å². The molecule has 1 aliphatic heterocycles. The van der Waals surface area contributed by atoms with Crippen LogP contribution in [-0.4, -0.2) is 52.6 Å². The van der Waals surface area contributed by atoms with E-state index < -0.39 is 11.8 Å². The molecule has 1 unspecified atom stereocenters. The maximum Gasteiger partial charge on any atom is 0.305 e. The van der Waals surface area contributed by atoms with Crippen LogP contribution in [0.15, 0.2) is 22.7 Å². The van der Waals surface area contributed by atoms with Crippen LogP contribution in [0.3, 0.4) is 0 Å². The molecule has 0 saturated carbocycles. The molecular weight excluding hydrogens is 377 g/mol. The van der Waals surface area contributed by atoms with Crippen LogP contribution in [0.4, 0.5) is 4.39 Å². The van der Waals surface area contributed by atoms with Gasteiger partial charge in [-0.25, -0.2) is 4.39 Å². The van der Waals surface area contributed by atoms with Crippen LogP contribution in [-0.2, 0) is 9.59 Å². The Morgan fingerprint density at radius 1 is 1.50 bits per heavy atom. The molecule has 1 atom stereocenters. The molecule has 0 aliphatic carbocycles. The first-order valence-corrected chi connectivity index (χ1v) is 8.59. The highest BCUT2D eigenvalue weighted by Gasteiger charge is 2.29. The quantitative estimate of drug-likeness (QED) is 0.834. The molecule has 1 N–H and O–H groups in total. The largest absolute Gasteiger partial charge is 0.481 e. The highest BCUT2D eigenvalue weighted by atomic mass is 79.9. The fourth-order valence-electron chi connectivity index (χ4n) is 2.17. The van der Waals surface area contributed by atoms with E-state index in [1.807, 2.05) is 0 Å². The topological polar surface area (TPSA) is 66.8 Å². The molecule has 1 heterocycles. The van der Waals surface area contributed by atoms with E-state index in [1.165, 1.54) is 17.0 Å². The van der Waals surface area contributed by atoms with Crippen LogP contribution in [0.2, 0.25) is 0 Å². The number of carboxylic acid groups (broad SMARTS) is 1. The predicted octanol–water partition coefficient (Wildman–Crippen LogP) is 2.39. The Morgan fingerprint density at radius 3 is 2.95 bits per heavy atom. The zero-order valence-electron chi connectivity index (χ0n) is 11.6. The second-order valence-corrected chi connectivity index (χ2v) is 6.84. The number of amides is 1. The van der Waals surface area contributed by atoms with E-state index in [9.17, 15) is 14.0 Å². The Morgan fingerprint density at radius 2 is 2.27 bits per heavy atom. The summed E-state index contributed by atoms with van der Waals surface area (Å²) in [4.78, 5) is 24.6. The van der Waals surface area contributed by atoms with Crippen molar-refractivity contribution in [3.63, 3.8) is 0 Å². The first kappa shape index (κ1) is 17.1. The van der Waals surface area contributed by atoms with Crippen LogP contribution in [0, 0.1) is 5.82 Å². The summed E-state index contributed by atoms with van der Waals surface area (Å²) in [5.41, 5.74) is 0. The number of ether oxygens (including phenoxy) is 1. The van der Waals surface area contributed by atoms with Gasteiger partial charge in [0, 0.05) is 22.5 Å². The first-order valence-electron chi connectivity index (χ1n) is 6.64. The molecule has 1 fully saturated rings. The number of thioether (sulfide) groups is 1. The lowest BCUT2D eigenvalue weighted by molar-refractivity contribution is -0.141. The van der Waals surface area contributed by atoms with Gasteiger partial charge in [0.05, 0.1) is 12.5 Å². The van der Waals surface area contributed by atoms with E-state index in [4.69, 9.17) is 9.84 Å². The van der Waals surface area contributed by atoms with E-state index in [0.717, 1.165) is 5.75 Å². The molecule has 0 bridgehead atoms. The maximum atomic E-state index is 13.6. The van der Waals surface area contributed by atoms with E-state index >= 15 is 0 Å². The van der Waals surface area contributed by atoms with E-state index in [0.29, 0.717) is 16.8 Å². The van der Waals surface area contributed by atoms with Gasteiger partial charge in [0.2, 0.25) is 0 Å². The number of benzene rings is 1. The summed E-state index contributed by atoms with van der Waals surface area (Å²) in [6.07, 6.45) is -0.0919. The second kappa shape index (κ2) is 7.82. The lowest BCUT2D eigenvalue weighted by Gasteiger charge is -2.34. The van der Waals surface area contributed by atoms with Gasteiger partial charge in [0.1, 0.15) is 0 Å². The highest BCUT2D eigenvalue weighted by molar-refractivity contribution is 9.10. The van der Waals surface area contributed by atoms with Crippen LogP contribution in [0.5, 0.6) is 5.75 Å². The van der Waals surface area contributed by atoms with Crippen LogP contribution in [0.1, 0.15) is 6.42 Å². The third kappa shape index (κ3) is 4.61. The van der Waals surface area contributed by atoms with E-state index in [1.54, 1.807) is 17.8 Å². The van der Waals surface area contributed by atoms with Gasteiger partial charge in [-0.05, 0) is 18.2 Å². The molecule has 1 saturated heterocycles. The molecule has 2 rings (SSSR count). The van der Waals surface area contributed by atoms with Gasteiger partial charge >= 0.3 is 5.97 Å². The zero-order chi connectivity index (χ0) is 16.1. The van der Waals surface area contributed by atoms with Gasteiger partial charge in [0.15, 0.2) is 18.2 Å². The summed E-state index contributed by atoms with van der Waals surface area (Å²) in [6.45, 7) is 0.174. The van der Waals surface area contributed by atoms with Crippen molar-refractivity contribution in [1.29, 1.82) is 0 Å². The smallest absolute Gasteiger partial charge is 0.305 e. The molecule has 1 aliphatic rings. The molecule has 1 aromatic rings. The van der Waals surface area contributed by atoms with Crippen molar-refractivity contribution in [2.24, 2.45) is 0 Å². The van der Waals surface area contributed by atoms with E-state index in [-0.39, 0.29) is 30.7 Å². The van der Waals surface area contributed by atoms with E-state index in [2.05, 4.69) is 15.9 Å². The minimum absolute atomic E-state index is 0.00211. The van der Waals surface area contributed by atoms with Crippen LogP contribution in [0.25, 0.3) is 0 Å². The predicted molar refractivity (Wildman–Crippen MR) is 84.7 cm³/mol. The molecular formula is C14H15BrFNO4S. The number of hydrogen-bond acceptors (Lipinski definition) is 4. The Kier molecular flexibility index (Phi) is 6.07. The summed E-state index contributed by atoms with van der Waals surface area (Å²) < 4.78 is 19.4. The highest BCUT2D eigenvalue weighted by Crippen LogP contribution is 2.22. The van der Waals surface area contributed by atoms with Gasteiger partial charge in [0.25, 0.3) is 5.91 Å². The summed E-state index contributed by atoms with van der Waals surface area (Å²) >= 11 is 4.76. The number of rotatable bonds is 5. The van der Waals surface area contributed by atoms with Crippen molar-refractivity contribution >= 4 is 39.6 Å². The Balaban J connectivity index is 1.96. The molecule has 1 aromatic carbocycles. The summed E-state index contributed by atoms with van der Waals surface area (Å²) in [5.74, 6) is -0.477. The fraction of sp³-hybridized carbons (Fsp3) is 0.429. The van der Waals surface area contributed by atoms with Gasteiger partial charge in [-0.15, -0.1) is 0 Å². The number of nitrogens with zero attached hydrogens (tertiary/aromatic N) is 1. The Labute approximate surface area is 139 Å². The van der Waals surface area contributed by atoms with Crippen molar-refractivity contribution in [2.75, 3.05) is 24.7 Å². The van der Waals surface area contributed by atoms with Crippen molar-refractivity contribution in [2.45, 2.75) is 12.5 Å². The van der Waals surface area contributed by atoms with Crippen molar-refractivity contribution in [3.8, 4) is 5.75 Å². The molecule has 0 aromatic heterocycles. The number of carbonyl (C=O) groups is 2. The molecule has 1 amide bonds. The monoisotopic (exact) mass is 391 g/mol. The minimum atomic E-state index is -0.940. The summed E-state index contributed by atoms with van der Waals surface area (Å²) in [5, 5.41) is 8.90. The minimum Gasteiger partial charge on any atom is -0.481 e. The average molecular weight is 392 g/mol. The van der Waals surface area contributed by atoms with Crippen molar-refractivity contribution in [1.82, 2.24) is 4.90 Å². The third-order valence-corrected chi connectivity index (χ3v) is 4.79. The second-order valence-electron chi connectivity index (χ2n) is 4.78. The van der Waals surface area contributed by atoms with Crippen LogP contribution >= 0.6 is 27.7 Å². The summed E-state index contributed by atoms with van der Waals surface area (Å²) in [7, 11) is 0. The first-order chi connectivity index (χ1) is 10.5. The van der Waals surface area contributed by atoms with Gasteiger partial charge in [-0.2, -0.15) is 11.8 Å². The number of halogens is 2. The van der Waals surface area contributed by atoms with Gasteiger partial charge in [-0.3, -0.25) is 9.59 Å². The molecule has 5 nitrogen and oxygen atoms in total. The SMILES string of the molecule is O=C(O)CC1CSCCN1C(=O)COc1ccc(Br)cc1F. The summed E-state index contributed by atoms with van der Waals surface area (Å²) in [6, 6.07) is 3.97. The lowest BCUT2D eigenvalue weighted by atomic mass is 10.2. The molecule has 8 heteroatoms. The number of aliphatic carboxylic acids is 1. The van der Waals surface area contributed by atoms with Gasteiger partial charge in [-0.1, -0.05) is 15.9 Å². The van der Waals surface area contributed by atoms with Crippen molar-refractivity contribution in [3.05, 3.63) is 28.5 Å². The third-order valence-electron chi connectivity index (χ3n) is 3.20.